The topological polar surface area (TPSA) is 91.8 Å². The molecule has 138 valence electrons. The summed E-state index contributed by atoms with van der Waals surface area (Å²) in [6.07, 6.45) is 3.30. The van der Waals surface area contributed by atoms with Crippen LogP contribution in [-0.2, 0) is 4.79 Å². The number of carbonyl (C=O) groups excluding carboxylic acids is 1. The minimum absolute atomic E-state index is 0.145. The summed E-state index contributed by atoms with van der Waals surface area (Å²) in [5.41, 5.74) is 0.913. The molecule has 2 aromatic rings. The smallest absolute Gasteiger partial charge is 0.317 e. The van der Waals surface area contributed by atoms with Crippen LogP contribution >= 0.6 is 0 Å². The van der Waals surface area contributed by atoms with E-state index in [2.05, 4.69) is 10.3 Å². The molecule has 2 unspecified atom stereocenters. The molecule has 0 aliphatic rings. The van der Waals surface area contributed by atoms with Crippen molar-refractivity contribution in [2.75, 3.05) is 13.6 Å². The summed E-state index contributed by atoms with van der Waals surface area (Å²) in [6, 6.07) is 10.5. The Bertz CT molecular complexity index is 734. The van der Waals surface area contributed by atoms with Gasteiger partial charge < -0.3 is 20.1 Å². The predicted molar refractivity (Wildman–Crippen MR) is 97.1 cm³/mol. The quantitative estimate of drug-likeness (QED) is 0.793. The number of nitrogens with one attached hydrogen (secondary N) is 1. The summed E-state index contributed by atoms with van der Waals surface area (Å²) < 4.78 is 5.68. The van der Waals surface area contributed by atoms with Crippen molar-refractivity contribution < 1.29 is 19.4 Å². The minimum Gasteiger partial charge on any atom is -0.481 e. The standard InChI is InChI=1S/C19H23N3O4/c1-13(18(23)24)12-22(3)19(25)21-14(2)15-6-8-16(9-7-15)26-17-5-4-10-20-11-17/h4-11,13-14H,12H2,1-3H3,(H,21,25)(H,23,24). The first-order valence-corrected chi connectivity index (χ1v) is 8.29. The minimum atomic E-state index is -0.929. The monoisotopic (exact) mass is 357 g/mol. The highest BCUT2D eigenvalue weighted by Crippen LogP contribution is 2.22. The molecule has 0 spiro atoms. The fraction of sp³-hybridized carbons (Fsp3) is 0.316. The molecular weight excluding hydrogens is 334 g/mol. The van der Waals surface area contributed by atoms with Gasteiger partial charge in [0.2, 0.25) is 0 Å². The van der Waals surface area contributed by atoms with Gasteiger partial charge in [-0.15, -0.1) is 0 Å². The normalized spacial score (nSPS) is 12.7. The number of benzene rings is 1. The zero-order valence-corrected chi connectivity index (χ0v) is 15.0. The van der Waals surface area contributed by atoms with Crippen LogP contribution in [0.15, 0.2) is 48.8 Å². The van der Waals surface area contributed by atoms with Crippen LogP contribution in [0.3, 0.4) is 0 Å². The molecule has 0 saturated carbocycles. The lowest BCUT2D eigenvalue weighted by Crippen LogP contribution is -2.41. The summed E-state index contributed by atoms with van der Waals surface area (Å²) in [5, 5.41) is 11.8. The molecule has 0 bridgehead atoms. The highest BCUT2D eigenvalue weighted by molar-refractivity contribution is 5.76. The van der Waals surface area contributed by atoms with Crippen LogP contribution < -0.4 is 10.1 Å². The number of ether oxygens (including phenoxy) is 1. The van der Waals surface area contributed by atoms with Crippen LogP contribution in [0.5, 0.6) is 11.5 Å². The summed E-state index contributed by atoms with van der Waals surface area (Å²) >= 11 is 0. The van der Waals surface area contributed by atoms with Crippen LogP contribution in [-0.4, -0.2) is 40.6 Å². The van der Waals surface area contributed by atoms with Gasteiger partial charge in [0, 0.05) is 19.8 Å². The van der Waals surface area contributed by atoms with E-state index >= 15 is 0 Å². The van der Waals surface area contributed by atoms with Crippen molar-refractivity contribution >= 4 is 12.0 Å². The van der Waals surface area contributed by atoms with Gasteiger partial charge in [0.05, 0.1) is 18.2 Å². The van der Waals surface area contributed by atoms with Crippen molar-refractivity contribution in [3.05, 3.63) is 54.4 Å². The molecule has 7 heteroatoms. The van der Waals surface area contributed by atoms with Crippen molar-refractivity contribution in [1.82, 2.24) is 15.2 Å². The van der Waals surface area contributed by atoms with Gasteiger partial charge in [-0.3, -0.25) is 9.78 Å². The van der Waals surface area contributed by atoms with Gasteiger partial charge >= 0.3 is 12.0 Å². The van der Waals surface area contributed by atoms with E-state index in [0.29, 0.717) is 11.5 Å². The lowest BCUT2D eigenvalue weighted by molar-refractivity contribution is -0.141. The maximum Gasteiger partial charge on any atom is 0.317 e. The number of carboxylic acids is 1. The predicted octanol–water partition coefficient (Wildman–Crippen LogP) is 3.30. The molecular formula is C19H23N3O4. The highest BCUT2D eigenvalue weighted by Gasteiger charge is 2.19. The number of amides is 2. The Hall–Kier alpha value is -3.09. The molecule has 0 aliphatic heterocycles. The zero-order chi connectivity index (χ0) is 19.1. The SMILES string of the molecule is CC(CN(C)C(=O)NC(C)c1ccc(Oc2cccnc2)cc1)C(=O)O. The van der Waals surface area contributed by atoms with Gasteiger partial charge in [0.15, 0.2) is 0 Å². The Balaban J connectivity index is 1.91. The van der Waals surface area contributed by atoms with Gasteiger partial charge in [0.1, 0.15) is 11.5 Å². The first kappa shape index (κ1) is 19.2. The Kier molecular flexibility index (Phi) is 6.54. The fourth-order valence-corrected chi connectivity index (χ4v) is 2.32. The summed E-state index contributed by atoms with van der Waals surface area (Å²) in [4.78, 5) is 28.4. The van der Waals surface area contributed by atoms with Gasteiger partial charge in [-0.25, -0.2) is 4.79 Å². The molecule has 0 saturated heterocycles. The van der Waals surface area contributed by atoms with Gasteiger partial charge in [0.25, 0.3) is 0 Å². The average Bonchev–Trinajstić information content (AvgIpc) is 2.62. The molecule has 0 radical (unpaired) electrons. The van der Waals surface area contributed by atoms with Crippen molar-refractivity contribution in [2.45, 2.75) is 19.9 Å². The fourth-order valence-electron chi connectivity index (χ4n) is 2.32. The number of pyridine rings is 1. The molecule has 2 amide bonds. The second-order valence-corrected chi connectivity index (χ2v) is 6.15. The van der Waals surface area contributed by atoms with Gasteiger partial charge in [-0.1, -0.05) is 19.1 Å². The largest absolute Gasteiger partial charge is 0.481 e. The van der Waals surface area contributed by atoms with Crippen LogP contribution in [0.1, 0.15) is 25.5 Å². The van der Waals surface area contributed by atoms with Crippen molar-refractivity contribution in [3.63, 3.8) is 0 Å². The van der Waals surface area contributed by atoms with E-state index in [9.17, 15) is 9.59 Å². The molecule has 2 N–H and O–H groups in total. The second-order valence-electron chi connectivity index (χ2n) is 6.15. The molecule has 7 nitrogen and oxygen atoms in total. The first-order valence-electron chi connectivity index (χ1n) is 8.29. The number of carbonyl (C=O) groups is 2. The van der Waals surface area contributed by atoms with Gasteiger partial charge in [-0.05, 0) is 36.8 Å². The summed E-state index contributed by atoms with van der Waals surface area (Å²) in [7, 11) is 1.58. The van der Waals surface area contributed by atoms with E-state index in [4.69, 9.17) is 9.84 Å². The Morgan fingerprint density at radius 2 is 1.88 bits per heavy atom. The lowest BCUT2D eigenvalue weighted by Gasteiger charge is -2.23. The molecule has 1 aromatic heterocycles. The number of nitrogens with zero attached hydrogens (tertiary/aromatic N) is 2. The van der Waals surface area contributed by atoms with Crippen LogP contribution in [0.4, 0.5) is 4.79 Å². The summed E-state index contributed by atoms with van der Waals surface area (Å²) in [5.74, 6) is -0.227. The molecule has 1 aromatic carbocycles. The highest BCUT2D eigenvalue weighted by atomic mass is 16.5. The Morgan fingerprint density at radius 1 is 1.19 bits per heavy atom. The lowest BCUT2D eigenvalue weighted by atomic mass is 10.1. The number of aromatic nitrogens is 1. The first-order chi connectivity index (χ1) is 12.4. The summed E-state index contributed by atoms with van der Waals surface area (Å²) in [6.45, 7) is 3.58. The number of hydrogen-bond donors (Lipinski definition) is 2. The Labute approximate surface area is 152 Å². The van der Waals surface area contributed by atoms with Crippen LogP contribution in [0, 0.1) is 5.92 Å². The van der Waals surface area contributed by atoms with E-state index < -0.39 is 11.9 Å². The molecule has 1 heterocycles. The number of hydrogen-bond acceptors (Lipinski definition) is 4. The van der Waals surface area contributed by atoms with Crippen LogP contribution in [0.25, 0.3) is 0 Å². The molecule has 0 aliphatic carbocycles. The van der Waals surface area contributed by atoms with Gasteiger partial charge in [-0.2, -0.15) is 0 Å². The van der Waals surface area contributed by atoms with Crippen molar-refractivity contribution in [1.29, 1.82) is 0 Å². The molecule has 26 heavy (non-hydrogen) atoms. The van der Waals surface area contributed by atoms with E-state index in [1.54, 1.807) is 32.4 Å². The van der Waals surface area contributed by atoms with E-state index in [-0.39, 0.29) is 18.6 Å². The third-order valence-electron chi connectivity index (χ3n) is 3.91. The van der Waals surface area contributed by atoms with E-state index in [0.717, 1.165) is 5.56 Å². The van der Waals surface area contributed by atoms with E-state index in [1.807, 2.05) is 37.3 Å². The number of carboxylic acid groups (broad SMARTS) is 1. The zero-order valence-electron chi connectivity index (χ0n) is 15.0. The third-order valence-corrected chi connectivity index (χ3v) is 3.91. The maximum atomic E-state index is 12.2. The van der Waals surface area contributed by atoms with Crippen molar-refractivity contribution in [2.24, 2.45) is 5.92 Å². The number of rotatable bonds is 7. The molecule has 0 fully saturated rings. The maximum absolute atomic E-state index is 12.2. The average molecular weight is 357 g/mol. The number of urea groups is 1. The number of aliphatic carboxylic acids is 1. The van der Waals surface area contributed by atoms with E-state index in [1.165, 1.54) is 4.90 Å². The second kappa shape index (κ2) is 8.84. The molecule has 2 rings (SSSR count). The van der Waals surface area contributed by atoms with Crippen molar-refractivity contribution in [3.8, 4) is 11.5 Å². The third kappa shape index (κ3) is 5.47. The van der Waals surface area contributed by atoms with Crippen LogP contribution in [0.2, 0.25) is 0 Å². The molecule has 2 atom stereocenters. The Morgan fingerprint density at radius 3 is 2.46 bits per heavy atom.